The molecule has 0 aliphatic carbocycles. The van der Waals surface area contributed by atoms with Gasteiger partial charge in [-0.2, -0.15) is 0 Å². The van der Waals surface area contributed by atoms with Crippen molar-refractivity contribution in [2.24, 2.45) is 7.05 Å². The highest BCUT2D eigenvalue weighted by Crippen LogP contribution is 2.40. The first kappa shape index (κ1) is 11.8. The van der Waals surface area contributed by atoms with E-state index < -0.39 is 20.6 Å². The van der Waals surface area contributed by atoms with Gasteiger partial charge < -0.3 is 4.42 Å². The molecule has 6 rings (SSSR count). The lowest BCUT2D eigenvalue weighted by Gasteiger charge is -2.09. The Morgan fingerprint density at radius 2 is 1.66 bits per heavy atom. The molecule has 0 saturated heterocycles. The summed E-state index contributed by atoms with van der Waals surface area (Å²) in [5, 5.41) is 3.62. The highest BCUT2D eigenvalue weighted by atomic mass is 16.3. The molecule has 0 amide bonds. The molecule has 3 aromatic heterocycles. The number of rotatable bonds is 1. The van der Waals surface area contributed by atoms with Gasteiger partial charge in [-0.15, -0.1) is 0 Å². The van der Waals surface area contributed by atoms with Gasteiger partial charge in [0.1, 0.15) is 7.05 Å². The Kier molecular flexibility index (Phi) is 2.44. The van der Waals surface area contributed by atoms with E-state index in [2.05, 4.69) is 0 Å². The summed E-state index contributed by atoms with van der Waals surface area (Å²) in [7, 11) is 1.62. The van der Waals surface area contributed by atoms with Crippen LogP contribution >= 0.6 is 0 Å². The van der Waals surface area contributed by atoms with Crippen molar-refractivity contribution < 1.29 is 21.3 Å². The van der Waals surface area contributed by atoms with Crippen LogP contribution in [0.5, 0.6) is 0 Å². The lowest BCUT2D eigenvalue weighted by Crippen LogP contribution is -2.31. The molecule has 0 aliphatic rings. The maximum Gasteiger partial charge on any atom is 0.227 e. The summed E-state index contributed by atoms with van der Waals surface area (Å²) in [6.07, 6.45) is 1.30. The van der Waals surface area contributed by atoms with Crippen molar-refractivity contribution in [2.45, 2.75) is 27.5 Å². The van der Waals surface area contributed by atoms with Crippen molar-refractivity contribution >= 4 is 43.7 Å². The second-order valence-electron chi connectivity index (χ2n) is 8.22. The molecule has 3 nitrogen and oxygen atoms in total. The van der Waals surface area contributed by atoms with E-state index in [1.165, 1.54) is 12.3 Å². The minimum Gasteiger partial charge on any atom is -0.437 e. The zero-order valence-corrected chi connectivity index (χ0v) is 17.6. The molecule has 0 bridgehead atoms. The zero-order chi connectivity index (χ0) is 29.6. The monoisotopic (exact) mass is 426 g/mol. The third-order valence-corrected chi connectivity index (χ3v) is 6.15. The van der Waals surface area contributed by atoms with E-state index in [9.17, 15) is 0 Å². The third kappa shape index (κ3) is 2.61. The number of nitrogens with zero attached hydrogens (tertiary/aromatic N) is 2. The minimum absolute atomic E-state index is 0.0900. The van der Waals surface area contributed by atoms with Crippen molar-refractivity contribution in [3.63, 3.8) is 0 Å². The van der Waals surface area contributed by atoms with Crippen molar-refractivity contribution in [1.29, 1.82) is 0 Å². The standard InChI is InChI=1S/C29H25N2O/c1-16-13-24(31(5)15-19(16)4)26-18(3)12-17(2)25-23-14-21-11-10-20-8-6-7-9-22(20)27(21)30-29(23)32-28(25)26/h6-15H,1-5H3/q+1/i1D3,2D3,4D3. The SMILES string of the molecule is [2H]C([2H])([2H])c1cc(-c2c(C)cc(C([2H])([2H])[2H])c3c2oc2nc4c(ccc5ccccc54)cc23)[n+](C)cc1C([2H])([2H])[2H]. The Morgan fingerprint density at radius 3 is 2.50 bits per heavy atom. The molecule has 0 radical (unpaired) electrons. The van der Waals surface area contributed by atoms with E-state index >= 15 is 0 Å². The number of aromatic nitrogens is 2. The fraction of sp³-hybridized carbons (Fsp3) is 0.172. The first-order valence-corrected chi connectivity index (χ1v) is 10.3. The number of furan rings is 1. The van der Waals surface area contributed by atoms with Gasteiger partial charge in [-0.3, -0.25) is 0 Å². The van der Waals surface area contributed by atoms with Gasteiger partial charge in [-0.1, -0.05) is 42.5 Å². The van der Waals surface area contributed by atoms with Crippen LogP contribution in [0.4, 0.5) is 0 Å². The second kappa shape index (κ2) is 6.64. The number of hydrogen-bond acceptors (Lipinski definition) is 2. The van der Waals surface area contributed by atoms with Crippen LogP contribution in [0.3, 0.4) is 0 Å². The summed E-state index contributed by atoms with van der Waals surface area (Å²) in [5.74, 6) is 0. The largest absolute Gasteiger partial charge is 0.437 e. The van der Waals surface area contributed by atoms with Crippen LogP contribution in [0, 0.1) is 27.5 Å². The fourth-order valence-corrected chi connectivity index (χ4v) is 4.62. The smallest absolute Gasteiger partial charge is 0.227 e. The van der Waals surface area contributed by atoms with Crippen LogP contribution in [0.1, 0.15) is 34.6 Å². The Bertz CT molecular complexity index is 2030. The number of benzene rings is 3. The molecule has 0 aliphatic heterocycles. The van der Waals surface area contributed by atoms with Crippen LogP contribution in [0.25, 0.3) is 55.0 Å². The Labute approximate surface area is 199 Å². The number of hydrogen-bond donors (Lipinski definition) is 0. The summed E-state index contributed by atoms with van der Waals surface area (Å²) in [6.45, 7) is -6.11. The second-order valence-corrected chi connectivity index (χ2v) is 8.22. The molecule has 156 valence electrons. The highest BCUT2D eigenvalue weighted by molar-refractivity contribution is 6.15. The topological polar surface area (TPSA) is 29.9 Å². The Hall–Kier alpha value is -3.72. The van der Waals surface area contributed by atoms with Crippen molar-refractivity contribution in [3.8, 4) is 11.3 Å². The van der Waals surface area contributed by atoms with Crippen molar-refractivity contribution in [1.82, 2.24) is 4.98 Å². The average molecular weight is 427 g/mol. The zero-order valence-electron chi connectivity index (χ0n) is 26.6. The van der Waals surface area contributed by atoms with Gasteiger partial charge >= 0.3 is 0 Å². The quantitative estimate of drug-likeness (QED) is 0.209. The van der Waals surface area contributed by atoms with E-state index in [-0.39, 0.29) is 28.0 Å². The van der Waals surface area contributed by atoms with Crippen LogP contribution < -0.4 is 4.57 Å². The number of pyridine rings is 2. The van der Waals surface area contributed by atoms with E-state index in [1.54, 1.807) is 24.6 Å². The average Bonchev–Trinajstić information content (AvgIpc) is 3.23. The molecular formula is C29H25N2O+. The third-order valence-electron chi connectivity index (χ3n) is 6.15. The molecule has 0 unspecified atom stereocenters. The van der Waals surface area contributed by atoms with Gasteiger partial charge in [0.05, 0.1) is 11.1 Å². The molecule has 0 atom stereocenters. The van der Waals surface area contributed by atoms with Gasteiger partial charge in [-0.25, -0.2) is 9.55 Å². The molecule has 0 N–H and O–H groups in total. The molecule has 0 saturated carbocycles. The van der Waals surface area contributed by atoms with E-state index in [1.807, 2.05) is 42.5 Å². The van der Waals surface area contributed by atoms with Gasteiger partial charge in [-0.05, 0) is 55.6 Å². The molecule has 3 aromatic carbocycles. The molecule has 3 heteroatoms. The van der Waals surface area contributed by atoms with Gasteiger partial charge in [0.25, 0.3) is 0 Å². The minimum atomic E-state index is -2.70. The van der Waals surface area contributed by atoms with Crippen molar-refractivity contribution in [3.05, 3.63) is 83.0 Å². The molecular weight excluding hydrogens is 392 g/mol. The molecule has 0 spiro atoms. The van der Waals surface area contributed by atoms with Gasteiger partial charge in [0.2, 0.25) is 11.4 Å². The molecule has 0 fully saturated rings. The van der Waals surface area contributed by atoms with Gasteiger partial charge in [0.15, 0.2) is 11.8 Å². The van der Waals surface area contributed by atoms with E-state index in [0.717, 1.165) is 16.2 Å². The summed E-state index contributed by atoms with van der Waals surface area (Å²) in [6, 6.07) is 16.5. The normalized spacial score (nSPS) is 17.2. The maximum atomic E-state index is 8.30. The van der Waals surface area contributed by atoms with E-state index in [0.29, 0.717) is 33.1 Å². The van der Waals surface area contributed by atoms with Crippen LogP contribution in [0.15, 0.2) is 65.2 Å². The molecule has 6 aromatic rings. The first-order chi connectivity index (χ1) is 19.1. The lowest BCUT2D eigenvalue weighted by molar-refractivity contribution is -0.660. The highest BCUT2D eigenvalue weighted by Gasteiger charge is 2.23. The number of aryl methyl sites for hydroxylation is 5. The summed E-state index contributed by atoms with van der Waals surface area (Å²) < 4.78 is 80.7. The number of fused-ring (bicyclic) bond motifs is 6. The Morgan fingerprint density at radius 1 is 0.844 bits per heavy atom. The summed E-state index contributed by atoms with van der Waals surface area (Å²) in [5.41, 5.74) is 2.08. The predicted molar refractivity (Wildman–Crippen MR) is 132 cm³/mol. The lowest BCUT2D eigenvalue weighted by atomic mass is 9.95. The predicted octanol–water partition coefficient (Wildman–Crippen LogP) is 7.01. The molecule has 3 heterocycles. The summed E-state index contributed by atoms with van der Waals surface area (Å²) >= 11 is 0. The summed E-state index contributed by atoms with van der Waals surface area (Å²) in [4.78, 5) is 4.83. The maximum absolute atomic E-state index is 8.30. The van der Waals surface area contributed by atoms with E-state index in [4.69, 9.17) is 21.7 Å². The molecule has 32 heavy (non-hydrogen) atoms. The fourth-order valence-electron chi connectivity index (χ4n) is 4.62. The van der Waals surface area contributed by atoms with Crippen molar-refractivity contribution in [2.75, 3.05) is 0 Å². The van der Waals surface area contributed by atoms with Crippen LogP contribution in [0.2, 0.25) is 0 Å². The first-order valence-electron chi connectivity index (χ1n) is 14.8. The Balaban J connectivity index is 1.77. The van der Waals surface area contributed by atoms with Crippen LogP contribution in [-0.4, -0.2) is 4.98 Å². The van der Waals surface area contributed by atoms with Gasteiger partial charge in [0, 0.05) is 45.5 Å². The van der Waals surface area contributed by atoms with Crippen LogP contribution in [-0.2, 0) is 7.05 Å².